The first kappa shape index (κ1) is 14.0. The van der Waals surface area contributed by atoms with E-state index in [0.717, 1.165) is 6.42 Å². The van der Waals surface area contributed by atoms with E-state index in [4.69, 9.17) is 0 Å². The monoisotopic (exact) mass is 309 g/mol. The van der Waals surface area contributed by atoms with E-state index in [9.17, 15) is 13.2 Å². The molecule has 1 amide bonds. The van der Waals surface area contributed by atoms with Crippen LogP contribution in [-0.2, 0) is 19.7 Å². The van der Waals surface area contributed by atoms with Gasteiger partial charge in [0.1, 0.15) is 10.9 Å². The minimum absolute atomic E-state index is 0.192. The van der Waals surface area contributed by atoms with Gasteiger partial charge in [-0.25, -0.2) is 5.48 Å². The molecule has 112 valence electrons. The second-order valence-electron chi connectivity index (χ2n) is 4.91. The zero-order chi connectivity index (χ0) is 15.0. The van der Waals surface area contributed by atoms with Crippen molar-refractivity contribution in [2.75, 3.05) is 13.7 Å². The summed E-state index contributed by atoms with van der Waals surface area (Å²) in [4.78, 5) is 18.6. The van der Waals surface area contributed by atoms with Crippen molar-refractivity contribution in [2.24, 2.45) is 4.40 Å². The molecule has 0 spiro atoms. The van der Waals surface area contributed by atoms with Crippen LogP contribution in [0, 0.1) is 0 Å². The summed E-state index contributed by atoms with van der Waals surface area (Å²) in [5.74, 6) is 0.0545. The van der Waals surface area contributed by atoms with Gasteiger partial charge in [-0.2, -0.15) is 8.42 Å². The molecule has 1 fully saturated rings. The minimum Gasteiger partial charge on any atom is -0.343 e. The number of sulfonamides is 1. The van der Waals surface area contributed by atoms with Crippen LogP contribution in [0.15, 0.2) is 33.6 Å². The summed E-state index contributed by atoms with van der Waals surface area (Å²) in [6.45, 7) is 0.588. The van der Waals surface area contributed by atoms with Crippen molar-refractivity contribution in [1.29, 1.82) is 0 Å². The maximum atomic E-state index is 12.1. The topological polar surface area (TPSA) is 88.1 Å². The van der Waals surface area contributed by atoms with Crippen LogP contribution < -0.4 is 5.48 Å². The Bertz CT molecular complexity index is 714. The summed E-state index contributed by atoms with van der Waals surface area (Å²) < 4.78 is 28.0. The number of carbonyl (C=O) groups excluding carboxylic acids is 1. The molecule has 1 atom stereocenters. The lowest BCUT2D eigenvalue weighted by atomic mass is 10.1. The molecule has 0 radical (unpaired) electrons. The maximum Gasteiger partial charge on any atom is 0.285 e. The van der Waals surface area contributed by atoms with E-state index in [-0.39, 0.29) is 10.8 Å². The SMILES string of the molecule is CONC(=O)[C@H]1CCCN1C1=NS(=O)(=O)c2ccccc21. The maximum absolute atomic E-state index is 12.1. The number of carbonyl (C=O) groups is 1. The Morgan fingerprint density at radius 1 is 1.43 bits per heavy atom. The third kappa shape index (κ3) is 2.30. The molecule has 0 bridgehead atoms. The molecule has 21 heavy (non-hydrogen) atoms. The molecule has 0 aromatic heterocycles. The predicted octanol–water partition coefficient (Wildman–Crippen LogP) is 0.277. The zero-order valence-electron chi connectivity index (χ0n) is 11.4. The summed E-state index contributed by atoms with van der Waals surface area (Å²) in [6, 6.07) is 6.19. The molecule has 1 aromatic carbocycles. The Morgan fingerprint density at radius 3 is 2.95 bits per heavy atom. The highest BCUT2D eigenvalue weighted by Crippen LogP contribution is 2.30. The molecule has 2 aliphatic rings. The van der Waals surface area contributed by atoms with Crippen molar-refractivity contribution in [1.82, 2.24) is 10.4 Å². The van der Waals surface area contributed by atoms with Crippen LogP contribution in [0.4, 0.5) is 0 Å². The number of nitrogens with zero attached hydrogens (tertiary/aromatic N) is 2. The Kier molecular flexibility index (Phi) is 3.42. The van der Waals surface area contributed by atoms with Gasteiger partial charge in [0, 0.05) is 12.1 Å². The quantitative estimate of drug-likeness (QED) is 0.793. The molecule has 2 aliphatic heterocycles. The number of hydrogen-bond acceptors (Lipinski definition) is 5. The number of likely N-dealkylation sites (tertiary alicyclic amines) is 1. The van der Waals surface area contributed by atoms with Crippen molar-refractivity contribution in [3.05, 3.63) is 29.8 Å². The highest BCUT2D eigenvalue weighted by atomic mass is 32.2. The van der Waals surface area contributed by atoms with Crippen LogP contribution in [0.1, 0.15) is 18.4 Å². The van der Waals surface area contributed by atoms with Gasteiger partial charge in [0.2, 0.25) is 0 Å². The van der Waals surface area contributed by atoms with E-state index in [1.807, 2.05) is 0 Å². The lowest BCUT2D eigenvalue weighted by molar-refractivity contribution is -0.134. The highest BCUT2D eigenvalue weighted by molar-refractivity contribution is 7.90. The van der Waals surface area contributed by atoms with E-state index in [1.165, 1.54) is 13.2 Å². The second kappa shape index (κ2) is 5.12. The third-order valence-corrected chi connectivity index (χ3v) is 4.97. The van der Waals surface area contributed by atoms with Gasteiger partial charge < -0.3 is 4.90 Å². The molecular weight excluding hydrogens is 294 g/mol. The molecular formula is C13H15N3O4S. The first-order valence-electron chi connectivity index (χ1n) is 6.58. The van der Waals surface area contributed by atoms with Crippen LogP contribution in [-0.4, -0.2) is 44.8 Å². The fourth-order valence-corrected chi connectivity index (χ4v) is 3.97. The van der Waals surface area contributed by atoms with E-state index in [1.54, 1.807) is 23.1 Å². The number of fused-ring (bicyclic) bond motifs is 1. The summed E-state index contributed by atoms with van der Waals surface area (Å²) in [5, 5.41) is 0. The second-order valence-corrected chi connectivity index (χ2v) is 6.48. The number of benzene rings is 1. The molecule has 1 N–H and O–H groups in total. The molecule has 0 saturated carbocycles. The highest BCUT2D eigenvalue weighted by Gasteiger charge is 2.39. The number of nitrogens with one attached hydrogen (secondary N) is 1. The van der Waals surface area contributed by atoms with Crippen LogP contribution in [0.3, 0.4) is 0 Å². The van der Waals surface area contributed by atoms with Gasteiger partial charge in [-0.05, 0) is 25.0 Å². The van der Waals surface area contributed by atoms with Crippen LogP contribution in [0.5, 0.6) is 0 Å². The van der Waals surface area contributed by atoms with Gasteiger partial charge in [0.25, 0.3) is 15.9 Å². The van der Waals surface area contributed by atoms with Gasteiger partial charge >= 0.3 is 0 Å². The van der Waals surface area contributed by atoms with E-state index in [2.05, 4.69) is 14.7 Å². The van der Waals surface area contributed by atoms with Crippen LogP contribution >= 0.6 is 0 Å². The summed E-state index contributed by atoms with van der Waals surface area (Å²) in [7, 11) is -2.31. The number of hydroxylamine groups is 1. The van der Waals surface area contributed by atoms with Gasteiger partial charge in [-0.3, -0.25) is 9.63 Å². The van der Waals surface area contributed by atoms with E-state index >= 15 is 0 Å². The summed E-state index contributed by atoms with van der Waals surface area (Å²) >= 11 is 0. The predicted molar refractivity (Wildman–Crippen MR) is 75.0 cm³/mol. The fraction of sp³-hybridized carbons (Fsp3) is 0.385. The molecule has 0 unspecified atom stereocenters. The average molecular weight is 309 g/mol. The standard InChI is InChI=1S/C13H15N3O4S/c1-20-14-13(17)10-6-4-8-16(10)12-9-5-2-3-7-11(9)21(18,19)15-12/h2-3,5,7,10H,4,6,8H2,1H3,(H,14,17)/t10-/m1/s1. The lowest BCUT2D eigenvalue weighted by Gasteiger charge is -2.25. The van der Waals surface area contributed by atoms with Gasteiger partial charge in [0.15, 0.2) is 5.84 Å². The van der Waals surface area contributed by atoms with Gasteiger partial charge in [-0.15, -0.1) is 4.40 Å². The van der Waals surface area contributed by atoms with Crippen molar-refractivity contribution in [3.8, 4) is 0 Å². The largest absolute Gasteiger partial charge is 0.343 e. The van der Waals surface area contributed by atoms with E-state index in [0.29, 0.717) is 24.4 Å². The Hall–Kier alpha value is -1.93. The number of amides is 1. The van der Waals surface area contributed by atoms with Crippen molar-refractivity contribution >= 4 is 21.8 Å². The number of hydrogen-bond donors (Lipinski definition) is 1. The molecule has 8 heteroatoms. The molecule has 1 saturated heterocycles. The van der Waals surface area contributed by atoms with Crippen molar-refractivity contribution in [2.45, 2.75) is 23.8 Å². The number of rotatable bonds is 2. The van der Waals surface area contributed by atoms with Crippen molar-refractivity contribution in [3.63, 3.8) is 0 Å². The molecule has 7 nitrogen and oxygen atoms in total. The Balaban J connectivity index is 1.99. The van der Waals surface area contributed by atoms with Gasteiger partial charge in [0.05, 0.1) is 7.11 Å². The number of amidine groups is 1. The molecule has 2 heterocycles. The summed E-state index contributed by atoms with van der Waals surface area (Å²) in [6.07, 6.45) is 1.43. The normalized spacial score (nSPS) is 22.8. The molecule has 1 aromatic rings. The molecule has 0 aliphatic carbocycles. The average Bonchev–Trinajstić information content (AvgIpc) is 3.03. The zero-order valence-corrected chi connectivity index (χ0v) is 12.3. The Morgan fingerprint density at radius 2 is 2.19 bits per heavy atom. The van der Waals surface area contributed by atoms with Crippen LogP contribution in [0.25, 0.3) is 0 Å². The van der Waals surface area contributed by atoms with Crippen molar-refractivity contribution < 1.29 is 18.0 Å². The Labute approximate surface area is 122 Å². The lowest BCUT2D eigenvalue weighted by Crippen LogP contribution is -2.45. The third-order valence-electron chi connectivity index (χ3n) is 3.64. The fourth-order valence-electron chi connectivity index (χ4n) is 2.76. The van der Waals surface area contributed by atoms with E-state index < -0.39 is 16.1 Å². The van der Waals surface area contributed by atoms with Crippen LogP contribution in [0.2, 0.25) is 0 Å². The summed E-state index contributed by atoms with van der Waals surface area (Å²) in [5.41, 5.74) is 2.85. The minimum atomic E-state index is -3.67. The first-order valence-corrected chi connectivity index (χ1v) is 8.02. The first-order chi connectivity index (χ1) is 10.0. The van der Waals surface area contributed by atoms with Gasteiger partial charge in [-0.1, -0.05) is 12.1 Å². The smallest absolute Gasteiger partial charge is 0.285 e. The molecule has 3 rings (SSSR count).